The minimum Gasteiger partial charge on any atom is -0.306 e. The van der Waals surface area contributed by atoms with Crippen LogP contribution in [0.25, 0.3) is 0 Å². The van der Waals surface area contributed by atoms with Gasteiger partial charge in [-0.1, -0.05) is 65.9 Å². The normalized spacial score (nSPS) is 13.2. The van der Waals surface area contributed by atoms with E-state index in [0.29, 0.717) is 6.04 Å². The molecule has 26 heavy (non-hydrogen) atoms. The molecule has 0 spiro atoms. The Morgan fingerprint density at radius 1 is 0.692 bits per heavy atom. The molecule has 0 N–H and O–H groups in total. The predicted octanol–water partition coefficient (Wildman–Crippen LogP) is 4.22. The van der Waals surface area contributed by atoms with Crippen molar-refractivity contribution in [1.82, 2.24) is 10.1 Å². The highest BCUT2D eigenvalue weighted by Gasteiger charge is 2.12. The van der Waals surface area contributed by atoms with E-state index in [2.05, 4.69) is 75.3 Å². The molecule has 2 aromatic carbocycles. The van der Waals surface area contributed by atoms with Gasteiger partial charge in [0.2, 0.25) is 0 Å². The summed E-state index contributed by atoms with van der Waals surface area (Å²) in [6, 6.07) is 21.7. The number of hydroxylamine groups is 2. The maximum absolute atomic E-state index is 5.04. The molecule has 0 heterocycles. The number of likely N-dealkylation sites (N-methyl/N-ethyl adjacent to an activating group) is 1. The van der Waals surface area contributed by atoms with Gasteiger partial charge in [-0.3, -0.25) is 9.68 Å². The number of rotatable bonds is 8. The zero-order chi connectivity index (χ0) is 19.4. The Hall–Kier alpha value is -1.72. The van der Waals surface area contributed by atoms with Crippen molar-refractivity contribution in [3.63, 3.8) is 0 Å². The third kappa shape index (κ3) is 8.59. The van der Waals surface area contributed by atoms with E-state index in [0.717, 1.165) is 12.8 Å². The standard InChI is InChI=1S/C11H17NO2.C11H17N/c1-10(12(13-2)14-3)9-11-7-5-4-6-8-11;1-10(12(2)3)9-11-7-5-4-6-8-11/h4-8,10H,9H2,1-3H3;4-8,10H,9H2,1-3H3. The quantitative estimate of drug-likeness (QED) is 0.660. The van der Waals surface area contributed by atoms with Crippen LogP contribution in [0.5, 0.6) is 0 Å². The van der Waals surface area contributed by atoms with Crippen LogP contribution >= 0.6 is 0 Å². The molecule has 0 amide bonds. The SMILES string of the molecule is CC(Cc1ccccc1)N(C)C.CON(OC)C(C)Cc1ccccc1. The van der Waals surface area contributed by atoms with E-state index < -0.39 is 0 Å². The molecule has 4 heteroatoms. The summed E-state index contributed by atoms with van der Waals surface area (Å²) in [5.41, 5.74) is 2.69. The molecule has 0 bridgehead atoms. The van der Waals surface area contributed by atoms with Crippen LogP contribution in [0.3, 0.4) is 0 Å². The third-order valence-electron chi connectivity index (χ3n) is 4.35. The van der Waals surface area contributed by atoms with Crippen LogP contribution in [0.4, 0.5) is 0 Å². The van der Waals surface area contributed by atoms with E-state index in [1.165, 1.54) is 16.4 Å². The van der Waals surface area contributed by atoms with Crippen LogP contribution in [-0.4, -0.2) is 50.5 Å². The number of nitrogens with zero attached hydrogens (tertiary/aromatic N) is 2. The van der Waals surface area contributed by atoms with Gasteiger partial charge in [0, 0.05) is 6.04 Å². The number of hydrogen-bond acceptors (Lipinski definition) is 4. The lowest BCUT2D eigenvalue weighted by Crippen LogP contribution is -2.32. The maximum atomic E-state index is 5.04. The Labute approximate surface area is 159 Å². The van der Waals surface area contributed by atoms with E-state index in [1.54, 1.807) is 14.2 Å². The highest BCUT2D eigenvalue weighted by Crippen LogP contribution is 2.08. The lowest BCUT2D eigenvalue weighted by molar-refractivity contribution is -0.361. The lowest BCUT2D eigenvalue weighted by Gasteiger charge is -2.23. The second-order valence-electron chi connectivity index (χ2n) is 6.69. The Bertz CT molecular complexity index is 571. The van der Waals surface area contributed by atoms with Crippen LogP contribution in [0.15, 0.2) is 60.7 Å². The van der Waals surface area contributed by atoms with Gasteiger partial charge in [0.15, 0.2) is 0 Å². The van der Waals surface area contributed by atoms with Gasteiger partial charge in [0.25, 0.3) is 0 Å². The average molecular weight is 359 g/mol. The summed E-state index contributed by atoms with van der Waals surface area (Å²) in [7, 11) is 7.44. The van der Waals surface area contributed by atoms with Crippen LogP contribution < -0.4 is 0 Å². The summed E-state index contributed by atoms with van der Waals surface area (Å²) < 4.78 is 0. The minimum absolute atomic E-state index is 0.201. The van der Waals surface area contributed by atoms with Crippen molar-refractivity contribution in [3.8, 4) is 0 Å². The molecule has 0 fully saturated rings. The van der Waals surface area contributed by atoms with Gasteiger partial charge in [-0.2, -0.15) is 0 Å². The summed E-state index contributed by atoms with van der Waals surface area (Å²) in [4.78, 5) is 12.3. The highest BCUT2D eigenvalue weighted by atomic mass is 16.9. The molecule has 2 rings (SSSR count). The number of benzene rings is 2. The van der Waals surface area contributed by atoms with Gasteiger partial charge in [-0.25, -0.2) is 0 Å². The molecular weight excluding hydrogens is 324 g/mol. The number of hydrogen-bond donors (Lipinski definition) is 0. The van der Waals surface area contributed by atoms with Gasteiger partial charge in [0.05, 0.1) is 20.3 Å². The molecule has 4 nitrogen and oxygen atoms in total. The van der Waals surface area contributed by atoms with Crippen molar-refractivity contribution in [2.45, 2.75) is 38.8 Å². The van der Waals surface area contributed by atoms with E-state index >= 15 is 0 Å². The van der Waals surface area contributed by atoms with Gasteiger partial charge in [0.1, 0.15) is 0 Å². The predicted molar refractivity (Wildman–Crippen MR) is 109 cm³/mol. The van der Waals surface area contributed by atoms with E-state index in [9.17, 15) is 0 Å². The fourth-order valence-corrected chi connectivity index (χ4v) is 2.60. The second kappa shape index (κ2) is 12.6. The van der Waals surface area contributed by atoms with Gasteiger partial charge < -0.3 is 4.90 Å². The van der Waals surface area contributed by atoms with Crippen LogP contribution in [0.1, 0.15) is 25.0 Å². The first-order chi connectivity index (χ1) is 12.5. The molecule has 0 saturated heterocycles. The zero-order valence-corrected chi connectivity index (χ0v) is 17.1. The summed E-state index contributed by atoms with van der Waals surface area (Å²) in [6.07, 6.45) is 2.04. The maximum Gasteiger partial charge on any atom is 0.0640 e. The molecule has 0 saturated carbocycles. The molecule has 0 aliphatic heterocycles. The van der Waals surface area contributed by atoms with Gasteiger partial charge in [-0.15, -0.1) is 0 Å². The third-order valence-corrected chi connectivity index (χ3v) is 4.35. The molecule has 0 aliphatic carbocycles. The molecule has 144 valence electrons. The zero-order valence-electron chi connectivity index (χ0n) is 17.1. The molecule has 0 aromatic heterocycles. The van der Waals surface area contributed by atoms with Crippen molar-refractivity contribution in [3.05, 3.63) is 71.8 Å². The monoisotopic (exact) mass is 358 g/mol. The first-order valence-electron chi connectivity index (χ1n) is 9.09. The van der Waals surface area contributed by atoms with Crippen LogP contribution in [0.2, 0.25) is 0 Å². The van der Waals surface area contributed by atoms with Crippen molar-refractivity contribution >= 4 is 0 Å². The first-order valence-corrected chi connectivity index (χ1v) is 9.09. The summed E-state index contributed by atoms with van der Waals surface area (Å²) in [5.74, 6) is 0. The van der Waals surface area contributed by atoms with Crippen LogP contribution in [-0.2, 0) is 22.5 Å². The Morgan fingerprint density at radius 2 is 1.08 bits per heavy atom. The second-order valence-corrected chi connectivity index (χ2v) is 6.69. The van der Waals surface area contributed by atoms with Crippen LogP contribution in [0, 0.1) is 0 Å². The molecule has 2 unspecified atom stereocenters. The Balaban J connectivity index is 0.000000263. The van der Waals surface area contributed by atoms with Gasteiger partial charge in [-0.05, 0) is 51.9 Å². The van der Waals surface area contributed by atoms with Crippen molar-refractivity contribution in [2.75, 3.05) is 28.3 Å². The molecule has 2 atom stereocenters. The molecule has 2 aromatic rings. The molecule has 0 radical (unpaired) electrons. The van der Waals surface area contributed by atoms with Crippen molar-refractivity contribution in [2.24, 2.45) is 0 Å². The highest BCUT2D eigenvalue weighted by molar-refractivity contribution is 5.16. The summed E-state index contributed by atoms with van der Waals surface area (Å²) in [6.45, 7) is 4.30. The topological polar surface area (TPSA) is 24.9 Å². The first kappa shape index (κ1) is 22.3. The fourth-order valence-electron chi connectivity index (χ4n) is 2.60. The van der Waals surface area contributed by atoms with E-state index in [1.807, 2.05) is 18.2 Å². The van der Waals surface area contributed by atoms with Crippen molar-refractivity contribution < 1.29 is 9.68 Å². The van der Waals surface area contributed by atoms with Gasteiger partial charge >= 0.3 is 0 Å². The lowest BCUT2D eigenvalue weighted by atomic mass is 10.1. The molecular formula is C22H34N2O2. The Morgan fingerprint density at radius 3 is 1.42 bits per heavy atom. The minimum atomic E-state index is 0.201. The summed E-state index contributed by atoms with van der Waals surface area (Å²) in [5, 5.41) is 1.49. The summed E-state index contributed by atoms with van der Waals surface area (Å²) >= 11 is 0. The van der Waals surface area contributed by atoms with E-state index in [4.69, 9.17) is 9.68 Å². The molecule has 0 aliphatic rings. The fraction of sp³-hybridized carbons (Fsp3) is 0.455. The smallest absolute Gasteiger partial charge is 0.0640 e. The average Bonchev–Trinajstić information content (AvgIpc) is 2.65. The van der Waals surface area contributed by atoms with Crippen molar-refractivity contribution in [1.29, 1.82) is 0 Å². The Kier molecular flexibility index (Phi) is 10.8. The largest absolute Gasteiger partial charge is 0.306 e. The van der Waals surface area contributed by atoms with E-state index in [-0.39, 0.29) is 6.04 Å².